The average Bonchev–Trinajstić information content (AvgIpc) is 2.39. The molecule has 1 heterocycles. The minimum absolute atomic E-state index is 0.433. The van der Waals surface area contributed by atoms with E-state index in [1.807, 2.05) is 30.3 Å². The minimum Gasteiger partial charge on any atom is -0.456 e. The van der Waals surface area contributed by atoms with Crippen LogP contribution in [0.5, 0.6) is 11.5 Å². The average molecular weight is 277 g/mol. The monoisotopic (exact) mass is 276 g/mol. The van der Waals surface area contributed by atoms with Gasteiger partial charge in [0.25, 0.3) is 0 Å². The molecule has 0 bridgehead atoms. The molecular formula is C15H17ClN2O. The number of nitrogens with zero attached hydrogens (tertiary/aromatic N) is 1. The number of ether oxygens (including phenoxy) is 1. The summed E-state index contributed by atoms with van der Waals surface area (Å²) in [5.41, 5.74) is 1.06. The van der Waals surface area contributed by atoms with Gasteiger partial charge in [-0.15, -0.1) is 0 Å². The third-order valence-corrected chi connectivity index (χ3v) is 2.95. The van der Waals surface area contributed by atoms with Crippen molar-refractivity contribution in [3.63, 3.8) is 0 Å². The molecule has 100 valence electrons. The number of hydrogen-bond donors (Lipinski definition) is 1. The van der Waals surface area contributed by atoms with Gasteiger partial charge in [0, 0.05) is 23.8 Å². The van der Waals surface area contributed by atoms with Gasteiger partial charge in [-0.05, 0) is 29.8 Å². The van der Waals surface area contributed by atoms with E-state index in [0.29, 0.717) is 22.6 Å². The molecule has 1 aromatic carbocycles. The Labute approximate surface area is 118 Å². The Hall–Kier alpha value is -1.58. The van der Waals surface area contributed by atoms with E-state index in [1.54, 1.807) is 12.4 Å². The molecule has 0 aliphatic heterocycles. The van der Waals surface area contributed by atoms with Crippen LogP contribution in [-0.2, 0) is 6.54 Å². The van der Waals surface area contributed by atoms with Crippen LogP contribution >= 0.6 is 11.6 Å². The molecule has 0 aliphatic carbocycles. The van der Waals surface area contributed by atoms with Gasteiger partial charge in [0.15, 0.2) is 0 Å². The summed E-state index contributed by atoms with van der Waals surface area (Å²) in [6.07, 6.45) is 3.38. The van der Waals surface area contributed by atoms with E-state index in [1.165, 1.54) is 0 Å². The topological polar surface area (TPSA) is 34.1 Å². The molecule has 0 saturated heterocycles. The highest BCUT2D eigenvalue weighted by Gasteiger charge is 2.04. The Bertz CT molecular complexity index is 529. The summed E-state index contributed by atoms with van der Waals surface area (Å²) in [4.78, 5) is 4.00. The Morgan fingerprint density at radius 3 is 2.74 bits per heavy atom. The first-order valence-corrected chi connectivity index (χ1v) is 6.62. The molecule has 0 fully saturated rings. The molecule has 1 aromatic heterocycles. The largest absolute Gasteiger partial charge is 0.456 e. The number of pyridine rings is 1. The van der Waals surface area contributed by atoms with Crippen LogP contribution in [0.2, 0.25) is 5.02 Å². The van der Waals surface area contributed by atoms with Gasteiger partial charge in [0.1, 0.15) is 11.5 Å². The second-order valence-corrected chi connectivity index (χ2v) is 4.99. The highest BCUT2D eigenvalue weighted by molar-refractivity contribution is 6.31. The van der Waals surface area contributed by atoms with Crippen LogP contribution in [0.4, 0.5) is 0 Å². The smallest absolute Gasteiger partial charge is 0.145 e. The van der Waals surface area contributed by atoms with E-state index in [4.69, 9.17) is 16.3 Å². The SMILES string of the molecule is CC(C)NCc1ccc(Oc2cccnc2)cc1Cl. The lowest BCUT2D eigenvalue weighted by atomic mass is 10.2. The zero-order valence-electron chi connectivity index (χ0n) is 11.1. The third-order valence-electron chi connectivity index (χ3n) is 2.60. The van der Waals surface area contributed by atoms with Crippen molar-refractivity contribution in [1.82, 2.24) is 10.3 Å². The molecule has 0 spiro atoms. The number of rotatable bonds is 5. The number of benzene rings is 1. The first-order valence-electron chi connectivity index (χ1n) is 6.25. The summed E-state index contributed by atoms with van der Waals surface area (Å²) >= 11 is 6.24. The van der Waals surface area contributed by atoms with Crippen molar-refractivity contribution in [2.45, 2.75) is 26.4 Å². The Kier molecular flexibility index (Phi) is 4.77. The zero-order valence-corrected chi connectivity index (χ0v) is 11.8. The molecule has 0 saturated carbocycles. The lowest BCUT2D eigenvalue weighted by Gasteiger charge is -2.11. The van der Waals surface area contributed by atoms with Crippen molar-refractivity contribution < 1.29 is 4.74 Å². The summed E-state index contributed by atoms with van der Waals surface area (Å²) < 4.78 is 5.67. The minimum atomic E-state index is 0.433. The van der Waals surface area contributed by atoms with Crippen molar-refractivity contribution >= 4 is 11.6 Å². The molecule has 3 nitrogen and oxygen atoms in total. The quantitative estimate of drug-likeness (QED) is 0.895. The molecule has 2 rings (SSSR count). The van der Waals surface area contributed by atoms with E-state index in [0.717, 1.165) is 12.1 Å². The maximum Gasteiger partial charge on any atom is 0.145 e. The first-order chi connectivity index (χ1) is 9.15. The first kappa shape index (κ1) is 13.8. The van der Waals surface area contributed by atoms with E-state index in [9.17, 15) is 0 Å². The summed E-state index contributed by atoms with van der Waals surface area (Å²) in [6.45, 7) is 4.96. The van der Waals surface area contributed by atoms with Gasteiger partial charge in [-0.25, -0.2) is 0 Å². The Balaban J connectivity index is 2.06. The molecule has 1 N–H and O–H groups in total. The highest BCUT2D eigenvalue weighted by atomic mass is 35.5. The van der Waals surface area contributed by atoms with Crippen LogP contribution < -0.4 is 10.1 Å². The highest BCUT2D eigenvalue weighted by Crippen LogP contribution is 2.26. The summed E-state index contributed by atoms with van der Waals surface area (Å²) in [5, 5.41) is 4.04. The summed E-state index contributed by atoms with van der Waals surface area (Å²) in [6, 6.07) is 9.83. The molecular weight excluding hydrogens is 260 g/mol. The van der Waals surface area contributed by atoms with Gasteiger partial charge in [0.2, 0.25) is 0 Å². The number of aromatic nitrogens is 1. The summed E-state index contributed by atoms with van der Waals surface area (Å²) in [5.74, 6) is 1.41. The lowest BCUT2D eigenvalue weighted by Crippen LogP contribution is -2.21. The normalized spacial score (nSPS) is 10.7. The van der Waals surface area contributed by atoms with E-state index in [2.05, 4.69) is 24.1 Å². The predicted octanol–water partition coefficient (Wildman–Crippen LogP) is 4.03. The number of nitrogens with one attached hydrogen (secondary N) is 1. The maximum atomic E-state index is 6.24. The second kappa shape index (κ2) is 6.55. The van der Waals surface area contributed by atoms with Crippen molar-refractivity contribution in [2.24, 2.45) is 0 Å². The fraction of sp³-hybridized carbons (Fsp3) is 0.267. The van der Waals surface area contributed by atoms with Crippen LogP contribution in [0.3, 0.4) is 0 Å². The van der Waals surface area contributed by atoms with Gasteiger partial charge >= 0.3 is 0 Å². The Morgan fingerprint density at radius 2 is 2.11 bits per heavy atom. The number of halogens is 1. The molecule has 19 heavy (non-hydrogen) atoms. The van der Waals surface area contributed by atoms with Crippen molar-refractivity contribution in [2.75, 3.05) is 0 Å². The fourth-order valence-electron chi connectivity index (χ4n) is 1.59. The molecule has 0 aliphatic rings. The molecule has 2 aromatic rings. The van der Waals surface area contributed by atoms with Crippen LogP contribution in [-0.4, -0.2) is 11.0 Å². The fourth-order valence-corrected chi connectivity index (χ4v) is 1.83. The molecule has 0 atom stereocenters. The standard InChI is InChI=1S/C15H17ClN2O/c1-11(2)18-9-12-5-6-13(8-15(12)16)19-14-4-3-7-17-10-14/h3-8,10-11,18H,9H2,1-2H3. The summed E-state index contributed by atoms with van der Waals surface area (Å²) in [7, 11) is 0. The Morgan fingerprint density at radius 1 is 1.26 bits per heavy atom. The zero-order chi connectivity index (χ0) is 13.7. The third kappa shape index (κ3) is 4.23. The van der Waals surface area contributed by atoms with Crippen LogP contribution in [0.15, 0.2) is 42.7 Å². The van der Waals surface area contributed by atoms with E-state index >= 15 is 0 Å². The molecule has 0 amide bonds. The molecule has 0 radical (unpaired) electrons. The van der Waals surface area contributed by atoms with Gasteiger partial charge in [0.05, 0.1) is 6.20 Å². The van der Waals surface area contributed by atoms with E-state index < -0.39 is 0 Å². The van der Waals surface area contributed by atoms with Crippen LogP contribution in [0.25, 0.3) is 0 Å². The van der Waals surface area contributed by atoms with Gasteiger partial charge in [-0.2, -0.15) is 0 Å². The van der Waals surface area contributed by atoms with Gasteiger partial charge in [-0.1, -0.05) is 31.5 Å². The lowest BCUT2D eigenvalue weighted by molar-refractivity contribution is 0.480. The molecule has 0 unspecified atom stereocenters. The van der Waals surface area contributed by atoms with E-state index in [-0.39, 0.29) is 0 Å². The van der Waals surface area contributed by atoms with Gasteiger partial charge < -0.3 is 10.1 Å². The van der Waals surface area contributed by atoms with Crippen molar-refractivity contribution in [3.05, 3.63) is 53.3 Å². The van der Waals surface area contributed by atoms with Crippen LogP contribution in [0, 0.1) is 0 Å². The van der Waals surface area contributed by atoms with Crippen LogP contribution in [0.1, 0.15) is 19.4 Å². The van der Waals surface area contributed by atoms with Gasteiger partial charge in [-0.3, -0.25) is 4.98 Å². The second-order valence-electron chi connectivity index (χ2n) is 4.58. The number of hydrogen-bond acceptors (Lipinski definition) is 3. The molecule has 4 heteroatoms. The maximum absolute atomic E-state index is 6.24. The van der Waals surface area contributed by atoms with Crippen molar-refractivity contribution in [3.8, 4) is 11.5 Å². The van der Waals surface area contributed by atoms with Crippen molar-refractivity contribution in [1.29, 1.82) is 0 Å². The predicted molar refractivity (Wildman–Crippen MR) is 77.7 cm³/mol.